The van der Waals surface area contributed by atoms with Crippen LogP contribution in [0.1, 0.15) is 32.1 Å². The summed E-state index contributed by atoms with van der Waals surface area (Å²) in [6.45, 7) is 0. The van der Waals surface area contributed by atoms with Crippen LogP contribution in [-0.2, 0) is 14.9 Å². The first kappa shape index (κ1) is 10.9. The summed E-state index contributed by atoms with van der Waals surface area (Å²) in [6, 6.07) is 0. The van der Waals surface area contributed by atoms with E-state index in [9.17, 15) is 8.42 Å². The number of rotatable bonds is 4. The van der Waals surface area contributed by atoms with Crippen LogP contribution < -0.4 is 4.89 Å². The molecule has 0 aliphatic heterocycles. The average Bonchev–Trinajstić information content (AvgIpc) is 2.04. The van der Waals surface area contributed by atoms with Crippen LogP contribution in [0.5, 0.6) is 0 Å². The molecule has 0 saturated heterocycles. The van der Waals surface area contributed by atoms with Crippen molar-refractivity contribution in [2.75, 3.05) is 12.9 Å². The van der Waals surface area contributed by atoms with E-state index < -0.39 is 10.0 Å². The molecule has 1 N–H and O–H groups in total. The summed E-state index contributed by atoms with van der Waals surface area (Å²) in [5.74, 6) is 0.530. The molecule has 4 nitrogen and oxygen atoms in total. The lowest BCUT2D eigenvalue weighted by atomic mass is 9.91. The van der Waals surface area contributed by atoms with Gasteiger partial charge in [0.1, 0.15) is 0 Å². The van der Waals surface area contributed by atoms with Gasteiger partial charge >= 0.3 is 0 Å². The molecule has 0 heterocycles. The Kier molecular flexibility index (Phi) is 4.15. The highest BCUT2D eigenvalue weighted by molar-refractivity contribution is 7.89. The lowest BCUT2D eigenvalue weighted by Gasteiger charge is -2.20. The van der Waals surface area contributed by atoms with E-state index >= 15 is 0 Å². The third-order valence-electron chi connectivity index (χ3n) is 2.39. The summed E-state index contributed by atoms with van der Waals surface area (Å²) in [6.07, 6.45) is 5.63. The highest BCUT2D eigenvalue weighted by atomic mass is 32.2. The molecule has 0 spiro atoms. The van der Waals surface area contributed by atoms with Crippen molar-refractivity contribution in [3.8, 4) is 0 Å². The molecule has 0 aromatic rings. The molecule has 0 unspecified atom stereocenters. The molecule has 0 bridgehead atoms. The average molecular weight is 207 g/mol. The minimum absolute atomic E-state index is 0.209. The lowest BCUT2D eigenvalue weighted by molar-refractivity contribution is 0.152. The molecule has 1 saturated carbocycles. The molecule has 0 amide bonds. The summed E-state index contributed by atoms with van der Waals surface area (Å²) in [4.78, 5) is 6.45. The van der Waals surface area contributed by atoms with Gasteiger partial charge in [0, 0.05) is 0 Å². The van der Waals surface area contributed by atoms with Crippen LogP contribution >= 0.6 is 0 Å². The van der Waals surface area contributed by atoms with Crippen LogP contribution in [-0.4, -0.2) is 21.3 Å². The van der Waals surface area contributed by atoms with Gasteiger partial charge in [-0.25, -0.2) is 8.42 Å². The predicted molar refractivity (Wildman–Crippen MR) is 50.5 cm³/mol. The first-order valence-electron chi connectivity index (χ1n) is 4.66. The van der Waals surface area contributed by atoms with Crippen LogP contribution in [0, 0.1) is 5.92 Å². The zero-order valence-corrected chi connectivity index (χ0v) is 8.77. The monoisotopic (exact) mass is 207 g/mol. The minimum Gasteiger partial charge on any atom is -0.290 e. The molecule has 0 radical (unpaired) electrons. The molecule has 1 fully saturated rings. The molecule has 0 aromatic carbocycles. The fraction of sp³-hybridized carbons (Fsp3) is 1.00. The molecular weight excluding hydrogens is 190 g/mol. The summed E-state index contributed by atoms with van der Waals surface area (Å²) >= 11 is 0. The van der Waals surface area contributed by atoms with Gasteiger partial charge < -0.3 is 0 Å². The van der Waals surface area contributed by atoms with E-state index in [4.69, 9.17) is 0 Å². The molecule has 0 aromatic heterocycles. The van der Waals surface area contributed by atoms with Gasteiger partial charge in [0.25, 0.3) is 0 Å². The van der Waals surface area contributed by atoms with Gasteiger partial charge in [0.2, 0.25) is 10.0 Å². The van der Waals surface area contributed by atoms with Gasteiger partial charge in [0.05, 0.1) is 12.9 Å². The number of nitrogens with one attached hydrogen (secondary N) is 1. The first-order valence-corrected chi connectivity index (χ1v) is 6.32. The van der Waals surface area contributed by atoms with Crippen LogP contribution in [0.3, 0.4) is 0 Å². The zero-order valence-electron chi connectivity index (χ0n) is 7.95. The van der Waals surface area contributed by atoms with Crippen molar-refractivity contribution in [2.45, 2.75) is 32.1 Å². The Labute approximate surface area is 79.7 Å². The highest BCUT2D eigenvalue weighted by Gasteiger charge is 2.20. The highest BCUT2D eigenvalue weighted by Crippen LogP contribution is 2.24. The number of hydrogen-bond donors (Lipinski definition) is 1. The second-order valence-corrected chi connectivity index (χ2v) is 5.30. The Hall–Kier alpha value is -0.130. The summed E-state index contributed by atoms with van der Waals surface area (Å²) in [5, 5.41) is 0. The smallest absolute Gasteiger partial charge is 0.233 e. The van der Waals surface area contributed by atoms with Crippen molar-refractivity contribution in [1.82, 2.24) is 4.89 Å². The molecule has 1 rings (SSSR count). The fourth-order valence-corrected chi connectivity index (χ4v) is 3.10. The second kappa shape index (κ2) is 4.93. The van der Waals surface area contributed by atoms with Crippen LogP contribution in [0.15, 0.2) is 0 Å². The number of sulfonamides is 1. The summed E-state index contributed by atoms with van der Waals surface area (Å²) in [7, 11) is -1.89. The Morgan fingerprint density at radius 2 is 1.92 bits per heavy atom. The van der Waals surface area contributed by atoms with Crippen LogP contribution in [0.25, 0.3) is 0 Å². The van der Waals surface area contributed by atoms with Gasteiger partial charge in [-0.2, -0.15) is 0 Å². The summed E-state index contributed by atoms with van der Waals surface area (Å²) < 4.78 is 22.5. The third kappa shape index (κ3) is 4.06. The van der Waals surface area contributed by atoms with Crippen LogP contribution in [0.4, 0.5) is 0 Å². The lowest BCUT2D eigenvalue weighted by Crippen LogP contribution is -2.29. The van der Waals surface area contributed by atoms with E-state index in [0.29, 0.717) is 5.92 Å². The Morgan fingerprint density at radius 1 is 1.31 bits per heavy atom. The second-order valence-electron chi connectivity index (χ2n) is 3.57. The fourth-order valence-electron chi connectivity index (χ4n) is 1.83. The van der Waals surface area contributed by atoms with E-state index in [1.807, 2.05) is 4.89 Å². The zero-order chi connectivity index (χ0) is 9.73. The topological polar surface area (TPSA) is 55.4 Å². The van der Waals surface area contributed by atoms with Crippen molar-refractivity contribution in [2.24, 2.45) is 5.92 Å². The maximum absolute atomic E-state index is 11.3. The molecule has 78 valence electrons. The van der Waals surface area contributed by atoms with Gasteiger partial charge in [-0.1, -0.05) is 24.1 Å². The summed E-state index contributed by atoms with van der Waals surface area (Å²) in [5.41, 5.74) is 0. The quantitative estimate of drug-likeness (QED) is 0.701. The van der Waals surface area contributed by atoms with Gasteiger partial charge in [0.15, 0.2) is 0 Å². The van der Waals surface area contributed by atoms with E-state index in [-0.39, 0.29) is 5.75 Å². The molecule has 5 heteroatoms. The van der Waals surface area contributed by atoms with Crippen LogP contribution in [0.2, 0.25) is 0 Å². The van der Waals surface area contributed by atoms with Gasteiger partial charge in [-0.3, -0.25) is 4.84 Å². The SMILES string of the molecule is CONS(=O)(=O)CC1CCCCC1. The first-order chi connectivity index (χ1) is 6.14. The van der Waals surface area contributed by atoms with Crippen molar-refractivity contribution in [3.63, 3.8) is 0 Å². The van der Waals surface area contributed by atoms with E-state index in [0.717, 1.165) is 25.7 Å². The molecule has 1 aliphatic carbocycles. The van der Waals surface area contributed by atoms with Gasteiger partial charge in [-0.05, 0) is 18.8 Å². The Morgan fingerprint density at radius 3 is 2.46 bits per heavy atom. The van der Waals surface area contributed by atoms with Gasteiger partial charge in [-0.15, -0.1) is 0 Å². The van der Waals surface area contributed by atoms with Crippen molar-refractivity contribution >= 4 is 10.0 Å². The van der Waals surface area contributed by atoms with Crippen molar-refractivity contribution in [1.29, 1.82) is 0 Å². The predicted octanol–water partition coefficient (Wildman–Crippen LogP) is 1.05. The molecular formula is C8H17NO3S. The normalized spacial score (nSPS) is 20.4. The largest absolute Gasteiger partial charge is 0.290 e. The van der Waals surface area contributed by atoms with E-state index in [1.165, 1.54) is 13.5 Å². The number of hydrogen-bond acceptors (Lipinski definition) is 3. The van der Waals surface area contributed by atoms with E-state index in [1.54, 1.807) is 0 Å². The van der Waals surface area contributed by atoms with Crippen molar-refractivity contribution in [3.05, 3.63) is 0 Å². The third-order valence-corrected chi connectivity index (χ3v) is 3.72. The minimum atomic E-state index is -3.20. The Balaban J connectivity index is 2.37. The standard InChI is InChI=1S/C8H17NO3S/c1-12-9-13(10,11)7-8-5-3-2-4-6-8/h8-9H,2-7H2,1H3. The molecule has 1 aliphatic rings. The van der Waals surface area contributed by atoms with E-state index in [2.05, 4.69) is 4.84 Å². The molecule has 13 heavy (non-hydrogen) atoms. The molecule has 0 atom stereocenters. The Bertz CT molecular complexity index is 232. The maximum atomic E-state index is 11.3. The van der Waals surface area contributed by atoms with Crippen molar-refractivity contribution < 1.29 is 13.3 Å². The maximum Gasteiger partial charge on any atom is 0.233 e.